The summed E-state index contributed by atoms with van der Waals surface area (Å²) in [6.07, 6.45) is 7.91. The summed E-state index contributed by atoms with van der Waals surface area (Å²) in [6, 6.07) is 8.74. The number of carbonyl (C=O) groups excluding carboxylic acids is 1. The van der Waals surface area contributed by atoms with Gasteiger partial charge in [-0.15, -0.1) is 0 Å². The summed E-state index contributed by atoms with van der Waals surface area (Å²) in [6.45, 7) is 6.42. The predicted molar refractivity (Wildman–Crippen MR) is 105 cm³/mol. The molecule has 26 heavy (non-hydrogen) atoms. The van der Waals surface area contributed by atoms with Crippen LogP contribution in [0, 0.1) is 5.92 Å². The summed E-state index contributed by atoms with van der Waals surface area (Å²) in [7, 11) is 0. The highest BCUT2D eigenvalue weighted by molar-refractivity contribution is 6.11. The number of hydrogen-bond acceptors (Lipinski definition) is 2. The van der Waals surface area contributed by atoms with E-state index >= 15 is 0 Å². The molecular formula is C22H25N3O. The third kappa shape index (κ3) is 2.64. The molecule has 1 aliphatic heterocycles. The minimum atomic E-state index is -0.0513. The Kier molecular flexibility index (Phi) is 4.35. The summed E-state index contributed by atoms with van der Waals surface area (Å²) < 4.78 is 2.42. The van der Waals surface area contributed by atoms with Gasteiger partial charge in [0, 0.05) is 24.1 Å². The van der Waals surface area contributed by atoms with E-state index in [9.17, 15) is 4.79 Å². The maximum absolute atomic E-state index is 11.9. The molecule has 1 amide bonds. The first-order chi connectivity index (χ1) is 12.6. The molecule has 4 heteroatoms. The first-order valence-electron chi connectivity index (χ1n) is 9.59. The van der Waals surface area contributed by atoms with Gasteiger partial charge in [0.05, 0.1) is 17.1 Å². The Morgan fingerprint density at radius 3 is 2.69 bits per heavy atom. The fourth-order valence-corrected chi connectivity index (χ4v) is 4.43. The number of nitrogens with zero attached hydrogens (tertiary/aromatic N) is 3. The van der Waals surface area contributed by atoms with Crippen molar-refractivity contribution in [2.75, 3.05) is 0 Å². The second-order valence-electron chi connectivity index (χ2n) is 7.20. The third-order valence-corrected chi connectivity index (χ3v) is 5.72. The summed E-state index contributed by atoms with van der Waals surface area (Å²) in [5, 5.41) is 0. The molecule has 0 spiro atoms. The summed E-state index contributed by atoms with van der Waals surface area (Å²) >= 11 is 0. The third-order valence-electron chi connectivity index (χ3n) is 5.72. The van der Waals surface area contributed by atoms with E-state index in [2.05, 4.69) is 47.7 Å². The lowest BCUT2D eigenvalue weighted by Gasteiger charge is -2.30. The van der Waals surface area contributed by atoms with E-state index in [0.29, 0.717) is 12.0 Å². The standard InChI is InChI=1S/C22H25N3O/c1-4-16-17(13-23-22(16)26)15-10-11-19(14(3)12-15)25-20-9-7-6-8-18(20)24-21(25)5-2/h6-9,12-13,15,19H,4-5,10-11H2,1-3H3. The average molecular weight is 347 g/mol. The zero-order valence-corrected chi connectivity index (χ0v) is 15.7. The van der Waals surface area contributed by atoms with Gasteiger partial charge in [-0.3, -0.25) is 4.79 Å². The Labute approximate surface area is 154 Å². The number of benzene rings is 1. The van der Waals surface area contributed by atoms with Gasteiger partial charge < -0.3 is 4.57 Å². The van der Waals surface area contributed by atoms with Crippen molar-refractivity contribution in [2.24, 2.45) is 10.9 Å². The van der Waals surface area contributed by atoms with Gasteiger partial charge in [-0.05, 0) is 43.9 Å². The fraction of sp³-hybridized carbons (Fsp3) is 0.409. The fourth-order valence-electron chi connectivity index (χ4n) is 4.43. The number of amides is 1. The smallest absolute Gasteiger partial charge is 0.273 e. The normalized spacial score (nSPS) is 23.2. The number of para-hydroxylation sites is 2. The first-order valence-corrected chi connectivity index (χ1v) is 9.59. The minimum Gasteiger partial charge on any atom is -0.321 e. The second kappa shape index (κ2) is 6.67. The van der Waals surface area contributed by atoms with Crippen LogP contribution in [0.5, 0.6) is 0 Å². The van der Waals surface area contributed by atoms with E-state index in [-0.39, 0.29) is 5.91 Å². The van der Waals surface area contributed by atoms with Crippen LogP contribution in [0.15, 0.2) is 52.1 Å². The number of aromatic nitrogens is 2. The van der Waals surface area contributed by atoms with Crippen LogP contribution >= 0.6 is 0 Å². The molecule has 1 aromatic heterocycles. The minimum absolute atomic E-state index is 0.0513. The molecule has 0 bridgehead atoms. The molecule has 0 radical (unpaired) electrons. The van der Waals surface area contributed by atoms with Crippen LogP contribution in [0.3, 0.4) is 0 Å². The molecule has 0 fully saturated rings. The van der Waals surface area contributed by atoms with Gasteiger partial charge in [0.15, 0.2) is 0 Å². The first kappa shape index (κ1) is 17.0. The summed E-state index contributed by atoms with van der Waals surface area (Å²) in [5.41, 5.74) is 5.66. The molecule has 2 aromatic rings. The van der Waals surface area contributed by atoms with Gasteiger partial charge in [0.1, 0.15) is 5.82 Å². The van der Waals surface area contributed by atoms with Crippen LogP contribution in [0.4, 0.5) is 0 Å². The zero-order valence-electron chi connectivity index (χ0n) is 15.7. The van der Waals surface area contributed by atoms with Crippen molar-refractivity contribution in [3.8, 4) is 0 Å². The van der Waals surface area contributed by atoms with Gasteiger partial charge in [0.25, 0.3) is 5.91 Å². The maximum atomic E-state index is 11.9. The molecular weight excluding hydrogens is 322 g/mol. The van der Waals surface area contributed by atoms with Gasteiger partial charge in [0.2, 0.25) is 0 Å². The van der Waals surface area contributed by atoms with Crippen molar-refractivity contribution in [3.63, 3.8) is 0 Å². The number of rotatable bonds is 4. The van der Waals surface area contributed by atoms with Crippen molar-refractivity contribution in [1.29, 1.82) is 0 Å². The predicted octanol–water partition coefficient (Wildman–Crippen LogP) is 4.81. The molecule has 2 heterocycles. The molecule has 2 atom stereocenters. The molecule has 4 nitrogen and oxygen atoms in total. The monoisotopic (exact) mass is 347 g/mol. The summed E-state index contributed by atoms with van der Waals surface area (Å²) in [4.78, 5) is 20.8. The topological polar surface area (TPSA) is 47.2 Å². The number of imidazole rings is 1. The van der Waals surface area contributed by atoms with Gasteiger partial charge in [-0.25, -0.2) is 9.98 Å². The molecule has 0 saturated carbocycles. The Morgan fingerprint density at radius 2 is 1.96 bits per heavy atom. The van der Waals surface area contributed by atoms with Crippen LogP contribution in [-0.4, -0.2) is 21.7 Å². The van der Waals surface area contributed by atoms with Crippen molar-refractivity contribution >= 4 is 23.2 Å². The van der Waals surface area contributed by atoms with Gasteiger partial charge in [-0.1, -0.05) is 37.6 Å². The molecule has 0 N–H and O–H groups in total. The molecule has 2 aliphatic rings. The lowest BCUT2D eigenvalue weighted by atomic mass is 9.81. The van der Waals surface area contributed by atoms with Crippen LogP contribution in [0.25, 0.3) is 11.0 Å². The van der Waals surface area contributed by atoms with Crippen molar-refractivity contribution < 1.29 is 4.79 Å². The number of aliphatic imine (C=N–C) groups is 1. The lowest BCUT2D eigenvalue weighted by molar-refractivity contribution is -0.114. The summed E-state index contributed by atoms with van der Waals surface area (Å²) in [5.74, 6) is 1.40. The van der Waals surface area contributed by atoms with E-state index in [1.807, 2.05) is 13.0 Å². The van der Waals surface area contributed by atoms with E-state index < -0.39 is 0 Å². The molecule has 2 unspecified atom stereocenters. The Bertz CT molecular complexity index is 961. The molecule has 134 valence electrons. The van der Waals surface area contributed by atoms with Crippen molar-refractivity contribution in [1.82, 2.24) is 9.55 Å². The van der Waals surface area contributed by atoms with E-state index in [0.717, 1.165) is 48.2 Å². The average Bonchev–Trinajstić information content (AvgIpc) is 3.21. The number of carbonyl (C=O) groups is 1. The van der Waals surface area contributed by atoms with Gasteiger partial charge >= 0.3 is 0 Å². The van der Waals surface area contributed by atoms with E-state index in [1.54, 1.807) is 6.21 Å². The number of fused-ring (bicyclic) bond motifs is 1. The highest BCUT2D eigenvalue weighted by Gasteiger charge is 2.29. The Hall–Kier alpha value is -2.49. The molecule has 4 rings (SSSR count). The number of allylic oxidation sites excluding steroid dienone is 3. The quantitative estimate of drug-likeness (QED) is 0.745. The SMILES string of the molecule is CCC1=C(C2C=C(C)C(n3c(CC)nc4ccccc43)CC2)C=NC1=O. The van der Waals surface area contributed by atoms with Crippen LogP contribution in [0.2, 0.25) is 0 Å². The molecule has 1 aliphatic carbocycles. The van der Waals surface area contributed by atoms with E-state index in [4.69, 9.17) is 4.98 Å². The van der Waals surface area contributed by atoms with Crippen molar-refractivity contribution in [3.05, 3.63) is 52.9 Å². The highest BCUT2D eigenvalue weighted by atomic mass is 16.1. The maximum Gasteiger partial charge on any atom is 0.273 e. The lowest BCUT2D eigenvalue weighted by Crippen LogP contribution is -2.20. The molecule has 0 saturated heterocycles. The van der Waals surface area contributed by atoms with Crippen LogP contribution in [0.1, 0.15) is 51.9 Å². The number of hydrogen-bond donors (Lipinski definition) is 0. The zero-order chi connectivity index (χ0) is 18.3. The number of aryl methyl sites for hydroxylation is 1. The Balaban J connectivity index is 1.73. The van der Waals surface area contributed by atoms with Crippen molar-refractivity contribution in [2.45, 2.75) is 52.5 Å². The Morgan fingerprint density at radius 1 is 1.15 bits per heavy atom. The van der Waals surface area contributed by atoms with Crippen LogP contribution in [-0.2, 0) is 11.2 Å². The van der Waals surface area contributed by atoms with Gasteiger partial charge in [-0.2, -0.15) is 0 Å². The molecule has 1 aromatic carbocycles. The van der Waals surface area contributed by atoms with Crippen LogP contribution < -0.4 is 0 Å². The largest absolute Gasteiger partial charge is 0.321 e. The van der Waals surface area contributed by atoms with E-state index in [1.165, 1.54) is 11.1 Å². The highest BCUT2D eigenvalue weighted by Crippen LogP contribution is 2.39. The second-order valence-corrected chi connectivity index (χ2v) is 7.20.